The van der Waals surface area contributed by atoms with Crippen molar-refractivity contribution in [1.29, 1.82) is 0 Å². The van der Waals surface area contributed by atoms with Crippen LogP contribution in [-0.4, -0.2) is 67.8 Å². The number of rotatable bonds is 11. The zero-order valence-electron chi connectivity index (χ0n) is 18.7. The van der Waals surface area contributed by atoms with E-state index in [1.165, 1.54) is 0 Å². The summed E-state index contributed by atoms with van der Waals surface area (Å²) in [7, 11) is 1.27. The van der Waals surface area contributed by atoms with E-state index in [0.717, 1.165) is 25.3 Å². The maximum atomic E-state index is 14.3. The Labute approximate surface area is 205 Å². The van der Waals surface area contributed by atoms with Crippen molar-refractivity contribution >= 4 is 5.97 Å². The molecule has 39 heavy (non-hydrogen) atoms. The molecule has 0 aliphatic carbocycles. The first kappa shape index (κ1) is 34.5. The number of halogens is 17. The Morgan fingerprint density at radius 3 is 1.46 bits per heavy atom. The van der Waals surface area contributed by atoms with E-state index in [1.807, 2.05) is 0 Å². The van der Waals surface area contributed by atoms with Crippen LogP contribution in [0.2, 0.25) is 0 Å². The molecule has 0 heterocycles. The zero-order valence-corrected chi connectivity index (χ0v) is 18.7. The second kappa shape index (κ2) is 10.1. The van der Waals surface area contributed by atoms with Gasteiger partial charge in [-0.3, -0.25) is 0 Å². The van der Waals surface area contributed by atoms with Gasteiger partial charge in [0.25, 0.3) is 0 Å². The Morgan fingerprint density at radius 2 is 1.08 bits per heavy atom. The Morgan fingerprint density at radius 1 is 0.667 bits per heavy atom. The molecule has 0 saturated carbocycles. The number of hydrogen-bond acceptors (Lipinski definition) is 3. The third-order valence-corrected chi connectivity index (χ3v) is 5.19. The summed E-state index contributed by atoms with van der Waals surface area (Å²) in [5, 5.41) is 0. The third-order valence-electron chi connectivity index (χ3n) is 5.19. The van der Waals surface area contributed by atoms with Gasteiger partial charge >= 0.3 is 53.6 Å². The fraction of sp³-hybridized carbons (Fsp3) is 0.632. The lowest BCUT2D eigenvalue weighted by Crippen LogP contribution is -2.74. The molecular weight excluding hydrogens is 599 g/mol. The minimum Gasteiger partial charge on any atom is -0.465 e. The van der Waals surface area contributed by atoms with E-state index in [1.54, 1.807) is 0 Å². The molecule has 1 unspecified atom stereocenters. The SMILES string of the molecule is COC(=O)c1cccc(C(CC(F)(F)C(F)(F)C(F)(F)C(F)(F)C(F)(F)C(F)(F)C(F)(F)C(F)(F)F)OC)c1. The normalized spacial score (nSPS) is 15.8. The number of carbonyl (C=O) groups excluding carboxylic acids is 1. The highest BCUT2D eigenvalue weighted by molar-refractivity contribution is 5.89. The number of carbonyl (C=O) groups is 1. The topological polar surface area (TPSA) is 35.5 Å². The van der Waals surface area contributed by atoms with Gasteiger partial charge in [0, 0.05) is 13.5 Å². The average Bonchev–Trinajstić information content (AvgIpc) is 2.80. The summed E-state index contributed by atoms with van der Waals surface area (Å²) < 4.78 is 236. The molecule has 0 saturated heterocycles. The molecule has 0 spiro atoms. The van der Waals surface area contributed by atoms with E-state index < -0.39 is 77.3 Å². The fourth-order valence-corrected chi connectivity index (χ4v) is 2.88. The fourth-order valence-electron chi connectivity index (χ4n) is 2.88. The molecular formula is C19H13F17O3. The van der Waals surface area contributed by atoms with E-state index in [4.69, 9.17) is 0 Å². The van der Waals surface area contributed by atoms with Crippen molar-refractivity contribution in [2.75, 3.05) is 14.2 Å². The first-order valence-corrected chi connectivity index (χ1v) is 9.54. The van der Waals surface area contributed by atoms with E-state index in [9.17, 15) is 79.4 Å². The number of esters is 1. The van der Waals surface area contributed by atoms with Crippen molar-refractivity contribution in [2.45, 2.75) is 60.2 Å². The highest BCUT2D eigenvalue weighted by atomic mass is 19.4. The van der Waals surface area contributed by atoms with Crippen LogP contribution >= 0.6 is 0 Å². The third kappa shape index (κ3) is 5.19. The van der Waals surface area contributed by atoms with Crippen LogP contribution < -0.4 is 0 Å². The monoisotopic (exact) mass is 612 g/mol. The molecule has 0 aromatic heterocycles. The van der Waals surface area contributed by atoms with Crippen molar-refractivity contribution in [1.82, 2.24) is 0 Å². The summed E-state index contributed by atoms with van der Waals surface area (Å²) in [6.07, 6.45) is -13.2. The van der Waals surface area contributed by atoms with Gasteiger partial charge in [-0.15, -0.1) is 0 Å². The van der Waals surface area contributed by atoms with Gasteiger partial charge in [-0.2, -0.15) is 74.6 Å². The maximum absolute atomic E-state index is 14.3. The van der Waals surface area contributed by atoms with Gasteiger partial charge in [0.15, 0.2) is 0 Å². The van der Waals surface area contributed by atoms with Gasteiger partial charge in [0.05, 0.1) is 18.8 Å². The Kier molecular flexibility index (Phi) is 8.96. The summed E-state index contributed by atoms with van der Waals surface area (Å²) in [5.74, 6) is -58.2. The van der Waals surface area contributed by atoms with Crippen LogP contribution in [0.1, 0.15) is 28.4 Å². The molecule has 226 valence electrons. The number of hydrogen-bond donors (Lipinski definition) is 0. The first-order chi connectivity index (χ1) is 17.1. The number of benzene rings is 1. The number of alkyl halides is 17. The summed E-state index contributed by atoms with van der Waals surface area (Å²) in [4.78, 5) is 11.5. The predicted molar refractivity (Wildman–Crippen MR) is 92.8 cm³/mol. The number of methoxy groups -OCH3 is 2. The molecule has 0 N–H and O–H groups in total. The van der Waals surface area contributed by atoms with Gasteiger partial charge in [-0.05, 0) is 17.7 Å². The standard InChI is InChI=1S/C19H13F17O3/c1-38-10(8-4-3-5-9(6-8)11(37)39-2)7-12(20,21)13(22,23)14(24,25)15(26,27)16(28,29)17(30,31)18(32,33)19(34,35)36/h3-6,10H,7H2,1-2H3. The van der Waals surface area contributed by atoms with Crippen molar-refractivity contribution in [3.05, 3.63) is 35.4 Å². The summed E-state index contributed by atoms with van der Waals surface area (Å²) >= 11 is 0. The van der Waals surface area contributed by atoms with Crippen molar-refractivity contribution in [2.24, 2.45) is 0 Å². The summed E-state index contributed by atoms with van der Waals surface area (Å²) in [6, 6.07) is 3.14. The molecule has 1 rings (SSSR count). The molecule has 0 aliphatic rings. The van der Waals surface area contributed by atoms with Gasteiger partial charge in [0.1, 0.15) is 0 Å². The maximum Gasteiger partial charge on any atom is 0.460 e. The van der Waals surface area contributed by atoms with Gasteiger partial charge < -0.3 is 9.47 Å². The largest absolute Gasteiger partial charge is 0.465 e. The van der Waals surface area contributed by atoms with Crippen LogP contribution in [0, 0.1) is 0 Å². The predicted octanol–water partition coefficient (Wildman–Crippen LogP) is 7.56. The average molecular weight is 612 g/mol. The van der Waals surface area contributed by atoms with Gasteiger partial charge in [0.2, 0.25) is 0 Å². The van der Waals surface area contributed by atoms with E-state index >= 15 is 0 Å². The molecule has 20 heteroatoms. The lowest BCUT2D eigenvalue weighted by molar-refractivity contribution is -0.462. The molecule has 1 atom stereocenters. The zero-order chi connectivity index (χ0) is 31.3. The van der Waals surface area contributed by atoms with Crippen LogP contribution in [0.4, 0.5) is 74.6 Å². The van der Waals surface area contributed by atoms with Crippen LogP contribution in [0.25, 0.3) is 0 Å². The smallest absolute Gasteiger partial charge is 0.460 e. The van der Waals surface area contributed by atoms with E-state index in [2.05, 4.69) is 9.47 Å². The van der Waals surface area contributed by atoms with Crippen molar-refractivity contribution in [3.8, 4) is 0 Å². The quantitative estimate of drug-likeness (QED) is 0.191. The molecule has 0 aliphatic heterocycles. The minimum absolute atomic E-state index is 0.449. The summed E-state index contributed by atoms with van der Waals surface area (Å²) in [5.41, 5.74) is -1.22. The summed E-state index contributed by atoms with van der Waals surface area (Å²) in [6.45, 7) is 0. The molecule has 1 aromatic rings. The number of ether oxygens (including phenoxy) is 2. The van der Waals surface area contributed by atoms with Gasteiger partial charge in [-0.1, -0.05) is 12.1 Å². The highest BCUT2D eigenvalue weighted by Gasteiger charge is 2.95. The second-order valence-corrected chi connectivity index (χ2v) is 7.69. The van der Waals surface area contributed by atoms with Crippen LogP contribution in [0.15, 0.2) is 24.3 Å². The first-order valence-electron chi connectivity index (χ1n) is 9.54. The van der Waals surface area contributed by atoms with Crippen LogP contribution in [-0.2, 0) is 9.47 Å². The van der Waals surface area contributed by atoms with Gasteiger partial charge in [-0.25, -0.2) is 4.79 Å². The van der Waals surface area contributed by atoms with Crippen LogP contribution in [0.5, 0.6) is 0 Å². The second-order valence-electron chi connectivity index (χ2n) is 7.69. The van der Waals surface area contributed by atoms with E-state index in [-0.39, 0.29) is 0 Å². The molecule has 0 fully saturated rings. The van der Waals surface area contributed by atoms with E-state index in [0.29, 0.717) is 13.2 Å². The molecule has 1 aromatic carbocycles. The van der Waals surface area contributed by atoms with Crippen molar-refractivity contribution < 1.29 is 88.9 Å². The molecule has 3 nitrogen and oxygen atoms in total. The molecule has 0 bridgehead atoms. The Balaban J connectivity index is 3.59. The lowest BCUT2D eigenvalue weighted by atomic mass is 9.87. The van der Waals surface area contributed by atoms with Crippen LogP contribution in [0.3, 0.4) is 0 Å². The minimum atomic E-state index is -8.70. The lowest BCUT2D eigenvalue weighted by Gasteiger charge is -2.43. The Hall–Kier alpha value is -2.54. The molecule has 0 radical (unpaired) electrons. The molecule has 0 amide bonds. The Bertz CT molecular complexity index is 1030. The van der Waals surface area contributed by atoms with Crippen molar-refractivity contribution in [3.63, 3.8) is 0 Å². The highest BCUT2D eigenvalue weighted by Crippen LogP contribution is 2.64.